The van der Waals surface area contributed by atoms with E-state index in [1.165, 1.54) is 17.8 Å². The number of anilines is 2. The number of nitrogens with zero attached hydrogens (tertiary/aromatic N) is 1. The molecule has 112 valence electrons. The van der Waals surface area contributed by atoms with Gasteiger partial charge in [0.15, 0.2) is 0 Å². The molecule has 0 saturated heterocycles. The van der Waals surface area contributed by atoms with E-state index in [-0.39, 0.29) is 0 Å². The van der Waals surface area contributed by atoms with E-state index in [0.29, 0.717) is 11.3 Å². The summed E-state index contributed by atoms with van der Waals surface area (Å²) in [5, 5.41) is 0. The van der Waals surface area contributed by atoms with Gasteiger partial charge in [-0.05, 0) is 42.0 Å². The molecule has 1 heteroatoms. The summed E-state index contributed by atoms with van der Waals surface area (Å²) >= 11 is 0. The Bertz CT molecular complexity index is 485. The number of rotatable bonds is 5. The highest BCUT2D eigenvalue weighted by molar-refractivity contribution is 5.62. The van der Waals surface area contributed by atoms with Crippen LogP contribution in [0.1, 0.15) is 34.1 Å². The first kappa shape index (κ1) is 15.6. The summed E-state index contributed by atoms with van der Waals surface area (Å²) in [5.41, 5.74) is 2.91. The lowest BCUT2D eigenvalue weighted by molar-refractivity contribution is 0.311. The summed E-state index contributed by atoms with van der Waals surface area (Å²) in [6, 6.07) is 21.4. The number of benzene rings is 2. The predicted molar refractivity (Wildman–Crippen MR) is 93.1 cm³/mol. The minimum absolute atomic E-state index is 0.373. The van der Waals surface area contributed by atoms with E-state index in [9.17, 15) is 0 Å². The molecule has 0 fully saturated rings. The summed E-state index contributed by atoms with van der Waals surface area (Å²) in [5.74, 6) is 0.644. The molecule has 0 aliphatic rings. The van der Waals surface area contributed by atoms with E-state index in [1.54, 1.807) is 0 Å². The van der Waals surface area contributed by atoms with E-state index < -0.39 is 0 Å². The van der Waals surface area contributed by atoms with Crippen LogP contribution in [0, 0.1) is 11.3 Å². The molecule has 21 heavy (non-hydrogen) atoms. The van der Waals surface area contributed by atoms with Crippen LogP contribution in [0.2, 0.25) is 0 Å². The average Bonchev–Trinajstić information content (AvgIpc) is 2.45. The van der Waals surface area contributed by atoms with Gasteiger partial charge in [-0.15, -0.1) is 0 Å². The Hall–Kier alpha value is -1.76. The summed E-state index contributed by atoms with van der Waals surface area (Å²) < 4.78 is 0. The van der Waals surface area contributed by atoms with Gasteiger partial charge in [-0.2, -0.15) is 0 Å². The van der Waals surface area contributed by atoms with Crippen molar-refractivity contribution >= 4 is 11.4 Å². The number of para-hydroxylation sites is 2. The molecule has 0 aliphatic heterocycles. The molecule has 0 aliphatic carbocycles. The van der Waals surface area contributed by atoms with Crippen molar-refractivity contribution in [3.63, 3.8) is 0 Å². The van der Waals surface area contributed by atoms with Crippen molar-refractivity contribution in [3.05, 3.63) is 60.7 Å². The number of hydrogen-bond donors (Lipinski definition) is 0. The highest BCUT2D eigenvalue weighted by Gasteiger charge is 2.19. The molecule has 0 aromatic heterocycles. The average molecular weight is 281 g/mol. The van der Waals surface area contributed by atoms with Crippen molar-refractivity contribution in [1.29, 1.82) is 0 Å². The summed E-state index contributed by atoms with van der Waals surface area (Å²) in [6.07, 6.45) is 1.23. The van der Waals surface area contributed by atoms with Gasteiger partial charge in [-0.1, -0.05) is 64.1 Å². The van der Waals surface area contributed by atoms with E-state index in [4.69, 9.17) is 0 Å². The largest absolute Gasteiger partial charge is 0.341 e. The molecule has 2 aromatic carbocycles. The first-order chi connectivity index (χ1) is 9.96. The second kappa shape index (κ2) is 6.80. The van der Waals surface area contributed by atoms with Crippen LogP contribution in [0.15, 0.2) is 60.7 Å². The SMILES string of the molecule is CC(CN(c1ccccc1)c1ccccc1)CC(C)(C)C. The molecule has 0 radical (unpaired) electrons. The Labute approximate surface area is 129 Å². The molecule has 0 amide bonds. The third-order valence-corrected chi connectivity index (χ3v) is 3.59. The Morgan fingerprint density at radius 3 is 1.62 bits per heavy atom. The van der Waals surface area contributed by atoms with E-state index >= 15 is 0 Å². The lowest BCUT2D eigenvalue weighted by Crippen LogP contribution is -2.26. The second-order valence-corrected chi connectivity index (χ2v) is 7.15. The highest BCUT2D eigenvalue weighted by atomic mass is 15.1. The van der Waals surface area contributed by atoms with Gasteiger partial charge in [0.25, 0.3) is 0 Å². The maximum absolute atomic E-state index is 2.43. The Morgan fingerprint density at radius 2 is 1.24 bits per heavy atom. The molecule has 0 spiro atoms. The lowest BCUT2D eigenvalue weighted by Gasteiger charge is -2.31. The zero-order valence-electron chi connectivity index (χ0n) is 13.7. The van der Waals surface area contributed by atoms with Crippen LogP contribution in [0.5, 0.6) is 0 Å². The van der Waals surface area contributed by atoms with Gasteiger partial charge in [0.1, 0.15) is 0 Å². The summed E-state index contributed by atoms with van der Waals surface area (Å²) in [6.45, 7) is 10.4. The van der Waals surface area contributed by atoms with E-state index in [1.807, 2.05) is 0 Å². The summed E-state index contributed by atoms with van der Waals surface area (Å²) in [4.78, 5) is 2.43. The van der Waals surface area contributed by atoms with Crippen molar-refractivity contribution in [3.8, 4) is 0 Å². The van der Waals surface area contributed by atoms with Crippen molar-refractivity contribution in [2.24, 2.45) is 11.3 Å². The lowest BCUT2D eigenvalue weighted by atomic mass is 9.85. The Kier molecular flexibility index (Phi) is 5.06. The molecular formula is C20H27N. The van der Waals surface area contributed by atoms with Gasteiger partial charge < -0.3 is 4.90 Å². The van der Waals surface area contributed by atoms with Gasteiger partial charge in [0.05, 0.1) is 0 Å². The van der Waals surface area contributed by atoms with Crippen LogP contribution in [-0.2, 0) is 0 Å². The first-order valence-electron chi connectivity index (χ1n) is 7.83. The van der Waals surface area contributed by atoms with Crippen LogP contribution in [-0.4, -0.2) is 6.54 Å². The standard InChI is InChI=1S/C20H27N/c1-17(15-20(2,3)4)16-21(18-11-7-5-8-12-18)19-13-9-6-10-14-19/h5-14,17H,15-16H2,1-4H3. The fraction of sp³-hybridized carbons (Fsp3) is 0.400. The van der Waals surface area contributed by atoms with Crippen molar-refractivity contribution in [2.75, 3.05) is 11.4 Å². The molecule has 0 saturated carbocycles. The van der Waals surface area contributed by atoms with Crippen molar-refractivity contribution < 1.29 is 0 Å². The highest BCUT2D eigenvalue weighted by Crippen LogP contribution is 2.30. The van der Waals surface area contributed by atoms with Crippen LogP contribution in [0.25, 0.3) is 0 Å². The van der Waals surface area contributed by atoms with E-state index in [0.717, 1.165) is 6.54 Å². The smallest absolute Gasteiger partial charge is 0.0410 e. The Balaban J connectivity index is 2.21. The quantitative estimate of drug-likeness (QED) is 0.659. The summed E-state index contributed by atoms with van der Waals surface area (Å²) in [7, 11) is 0. The topological polar surface area (TPSA) is 3.24 Å². The fourth-order valence-corrected chi connectivity index (χ4v) is 3.00. The van der Waals surface area contributed by atoms with Crippen LogP contribution in [0.4, 0.5) is 11.4 Å². The van der Waals surface area contributed by atoms with E-state index in [2.05, 4.69) is 93.3 Å². The van der Waals surface area contributed by atoms with Crippen LogP contribution >= 0.6 is 0 Å². The van der Waals surface area contributed by atoms with Gasteiger partial charge in [-0.25, -0.2) is 0 Å². The zero-order chi connectivity index (χ0) is 15.3. The molecule has 1 atom stereocenters. The normalized spacial score (nSPS) is 13.0. The maximum Gasteiger partial charge on any atom is 0.0410 e. The zero-order valence-corrected chi connectivity index (χ0v) is 13.7. The van der Waals surface area contributed by atoms with Gasteiger partial charge in [0.2, 0.25) is 0 Å². The second-order valence-electron chi connectivity index (χ2n) is 7.15. The molecular weight excluding hydrogens is 254 g/mol. The monoisotopic (exact) mass is 281 g/mol. The molecule has 0 heterocycles. The van der Waals surface area contributed by atoms with Crippen molar-refractivity contribution in [1.82, 2.24) is 0 Å². The van der Waals surface area contributed by atoms with Crippen LogP contribution in [0.3, 0.4) is 0 Å². The molecule has 1 nitrogen and oxygen atoms in total. The molecule has 1 unspecified atom stereocenters. The molecule has 2 aromatic rings. The van der Waals surface area contributed by atoms with Gasteiger partial charge in [0, 0.05) is 17.9 Å². The molecule has 2 rings (SSSR count). The first-order valence-corrected chi connectivity index (χ1v) is 7.83. The third-order valence-electron chi connectivity index (χ3n) is 3.59. The minimum Gasteiger partial charge on any atom is -0.341 e. The minimum atomic E-state index is 0.373. The third kappa shape index (κ3) is 4.93. The maximum atomic E-state index is 2.43. The van der Waals surface area contributed by atoms with Gasteiger partial charge >= 0.3 is 0 Å². The number of hydrogen-bond acceptors (Lipinski definition) is 1. The predicted octanol–water partition coefficient (Wildman–Crippen LogP) is 5.90. The van der Waals surface area contributed by atoms with Gasteiger partial charge in [-0.3, -0.25) is 0 Å². The molecule has 0 N–H and O–H groups in total. The van der Waals surface area contributed by atoms with Crippen molar-refractivity contribution in [2.45, 2.75) is 34.1 Å². The Morgan fingerprint density at radius 1 is 0.810 bits per heavy atom. The van der Waals surface area contributed by atoms with Crippen LogP contribution < -0.4 is 4.90 Å². The molecule has 0 bridgehead atoms. The fourth-order valence-electron chi connectivity index (χ4n) is 3.00.